The summed E-state index contributed by atoms with van der Waals surface area (Å²) in [7, 11) is 0. The van der Waals surface area contributed by atoms with E-state index in [1.54, 1.807) is 0 Å². The summed E-state index contributed by atoms with van der Waals surface area (Å²) < 4.78 is 5.13. The van der Waals surface area contributed by atoms with Gasteiger partial charge in [0.2, 0.25) is 0 Å². The number of allylic oxidation sites excluding steroid dienone is 3. The van der Waals surface area contributed by atoms with E-state index >= 15 is 0 Å². The third-order valence-corrected chi connectivity index (χ3v) is 2.55. The molecule has 0 amide bonds. The van der Waals surface area contributed by atoms with Gasteiger partial charge in [-0.25, -0.2) is 4.99 Å². The minimum Gasteiger partial charge on any atom is -0.821 e. The molecule has 0 aliphatic carbocycles. The summed E-state index contributed by atoms with van der Waals surface area (Å²) in [6.45, 7) is 5.74. The maximum absolute atomic E-state index is 11.6. The van der Waals surface area contributed by atoms with Crippen LogP contribution in [0.4, 0.5) is 0 Å². The summed E-state index contributed by atoms with van der Waals surface area (Å²) in [5.74, 6) is 0.603. The quantitative estimate of drug-likeness (QED) is 0.521. The van der Waals surface area contributed by atoms with Gasteiger partial charge in [-0.2, -0.15) is 0 Å². The number of rotatable bonds is 0. The van der Waals surface area contributed by atoms with Crippen LogP contribution in [-0.4, -0.2) is 12.0 Å². The highest BCUT2D eigenvalue weighted by Gasteiger charge is 2.35. The normalized spacial score (nSPS) is 32.3. The van der Waals surface area contributed by atoms with E-state index in [0.29, 0.717) is 5.76 Å². The average Bonchev–Trinajstić information content (AvgIpc) is 2.27. The molecule has 0 radical (unpaired) electrons. The first-order valence-electron chi connectivity index (χ1n) is 4.41. The lowest BCUT2D eigenvalue weighted by molar-refractivity contribution is -0.492. The third-order valence-electron chi connectivity index (χ3n) is 2.55. The van der Waals surface area contributed by atoms with Crippen molar-refractivity contribution in [2.75, 3.05) is 0 Å². The smallest absolute Gasteiger partial charge is 0.180 e. The molecule has 3 nitrogen and oxygen atoms in total. The van der Waals surface area contributed by atoms with Crippen molar-refractivity contribution in [3.63, 3.8) is 0 Å². The fraction of sp³-hybridized carbons (Fsp3) is 0.500. The predicted molar refractivity (Wildman–Crippen MR) is 46.5 cm³/mol. The van der Waals surface area contributed by atoms with Crippen molar-refractivity contribution in [1.82, 2.24) is 0 Å². The molecule has 0 bridgehead atoms. The Morgan fingerprint density at radius 2 is 2.08 bits per heavy atom. The topological polar surface area (TPSA) is 46.3 Å². The highest BCUT2D eigenvalue weighted by Crippen LogP contribution is 2.28. The fourth-order valence-corrected chi connectivity index (χ4v) is 1.97. The van der Waals surface area contributed by atoms with E-state index in [1.165, 1.54) is 0 Å². The first-order chi connectivity index (χ1) is 6.09. The van der Waals surface area contributed by atoms with Gasteiger partial charge in [-0.1, -0.05) is 0 Å². The largest absolute Gasteiger partial charge is 0.821 e. The molecule has 13 heavy (non-hydrogen) atoms. The maximum Gasteiger partial charge on any atom is 0.180 e. The van der Waals surface area contributed by atoms with Crippen molar-refractivity contribution in [3.05, 3.63) is 23.1 Å². The zero-order chi connectivity index (χ0) is 9.59. The molecule has 0 saturated carbocycles. The summed E-state index contributed by atoms with van der Waals surface area (Å²) in [4.78, 5) is 3.18. The maximum atomic E-state index is 11.6. The van der Waals surface area contributed by atoms with Crippen LogP contribution in [0, 0.1) is 5.92 Å². The molecule has 2 aliphatic heterocycles. The summed E-state index contributed by atoms with van der Waals surface area (Å²) >= 11 is 0. The molecule has 2 unspecified atom stereocenters. The van der Waals surface area contributed by atoms with Crippen molar-refractivity contribution in [3.8, 4) is 0 Å². The second kappa shape index (κ2) is 2.70. The summed E-state index contributed by atoms with van der Waals surface area (Å²) in [5, 5.41) is 11.6. The van der Waals surface area contributed by atoms with E-state index < -0.39 is 6.29 Å². The van der Waals surface area contributed by atoms with E-state index in [2.05, 4.69) is 4.99 Å². The Kier molecular flexibility index (Phi) is 1.77. The highest BCUT2D eigenvalue weighted by atomic mass is 16.6. The van der Waals surface area contributed by atoms with Gasteiger partial charge in [-0.3, -0.25) is 0 Å². The Balaban J connectivity index is 2.46. The Morgan fingerprint density at radius 1 is 1.38 bits per heavy atom. The van der Waals surface area contributed by atoms with Crippen LogP contribution >= 0.6 is 0 Å². The standard InChI is InChI=1S/C10H12NO2/c1-5-4-8-6(2)11-7(3)9(8)10(12)13-5/h4,9-10H,1-3H3/q-1/p+1. The van der Waals surface area contributed by atoms with Crippen LogP contribution < -0.4 is 10.1 Å². The zero-order valence-corrected chi connectivity index (χ0v) is 8.05. The molecular weight excluding hydrogens is 166 g/mol. The minimum atomic E-state index is -0.982. The van der Waals surface area contributed by atoms with Crippen LogP contribution in [0.3, 0.4) is 0 Å². The number of hydrogen-bond donors (Lipinski definition) is 1. The van der Waals surface area contributed by atoms with E-state index in [9.17, 15) is 5.11 Å². The third kappa shape index (κ3) is 1.20. The van der Waals surface area contributed by atoms with Gasteiger partial charge >= 0.3 is 0 Å². The number of hydrogen-bond acceptors (Lipinski definition) is 2. The summed E-state index contributed by atoms with van der Waals surface area (Å²) in [6, 6.07) is 0. The molecule has 3 heteroatoms. The molecule has 0 aromatic rings. The van der Waals surface area contributed by atoms with Gasteiger partial charge in [0, 0.05) is 25.7 Å². The van der Waals surface area contributed by atoms with E-state index in [0.717, 1.165) is 17.0 Å². The van der Waals surface area contributed by atoms with E-state index in [1.807, 2.05) is 26.8 Å². The Hall–Kier alpha value is -1.09. The van der Waals surface area contributed by atoms with Crippen molar-refractivity contribution < 1.29 is 14.8 Å². The molecular formula is C10H13NO2. The van der Waals surface area contributed by atoms with Crippen LogP contribution in [0.5, 0.6) is 0 Å². The lowest BCUT2D eigenvalue weighted by Gasteiger charge is -2.33. The van der Waals surface area contributed by atoms with Gasteiger partial charge in [0.05, 0.1) is 11.7 Å². The lowest BCUT2D eigenvalue weighted by Crippen LogP contribution is -2.68. The molecule has 0 aromatic carbocycles. The summed E-state index contributed by atoms with van der Waals surface area (Å²) in [5.41, 5.74) is 3.16. The number of nitrogens with one attached hydrogen (secondary N) is 1. The SMILES string of the molecule is CC1=CC2=C(C)[NH+]=C(C)C2C([O-])O1. The second-order valence-electron chi connectivity index (χ2n) is 3.61. The van der Waals surface area contributed by atoms with Gasteiger partial charge in [-0.05, 0) is 13.0 Å². The van der Waals surface area contributed by atoms with Crippen molar-refractivity contribution in [1.29, 1.82) is 0 Å². The van der Waals surface area contributed by atoms with E-state index in [4.69, 9.17) is 4.74 Å². The first-order valence-corrected chi connectivity index (χ1v) is 4.41. The highest BCUT2D eigenvalue weighted by molar-refractivity contribution is 5.85. The molecule has 2 heterocycles. The molecule has 1 N–H and O–H groups in total. The molecule has 0 fully saturated rings. The fourth-order valence-electron chi connectivity index (χ4n) is 1.97. The number of ether oxygens (including phenoxy) is 1. The van der Waals surface area contributed by atoms with Gasteiger partial charge in [0.15, 0.2) is 11.4 Å². The Labute approximate surface area is 77.4 Å². The zero-order valence-electron chi connectivity index (χ0n) is 8.05. The lowest BCUT2D eigenvalue weighted by atomic mass is 9.93. The van der Waals surface area contributed by atoms with Gasteiger partial charge in [-0.15, -0.1) is 0 Å². The predicted octanol–water partition coefficient (Wildman–Crippen LogP) is -0.948. The molecule has 2 aliphatic rings. The van der Waals surface area contributed by atoms with Crippen molar-refractivity contribution >= 4 is 5.71 Å². The van der Waals surface area contributed by atoms with Crippen LogP contribution in [0.1, 0.15) is 20.8 Å². The van der Waals surface area contributed by atoms with Crippen molar-refractivity contribution in [2.24, 2.45) is 5.92 Å². The van der Waals surface area contributed by atoms with Crippen LogP contribution in [0.2, 0.25) is 0 Å². The van der Waals surface area contributed by atoms with Crippen LogP contribution in [0.15, 0.2) is 23.1 Å². The molecule has 0 saturated heterocycles. The average molecular weight is 179 g/mol. The van der Waals surface area contributed by atoms with Gasteiger partial charge in [0.1, 0.15) is 0 Å². The molecule has 0 aromatic heterocycles. The van der Waals surface area contributed by atoms with E-state index in [-0.39, 0.29) is 5.92 Å². The Bertz CT molecular complexity index is 339. The van der Waals surface area contributed by atoms with Crippen LogP contribution in [0.25, 0.3) is 0 Å². The minimum absolute atomic E-state index is 0.108. The Morgan fingerprint density at radius 3 is 2.77 bits per heavy atom. The molecule has 0 spiro atoms. The van der Waals surface area contributed by atoms with Crippen LogP contribution in [-0.2, 0) is 4.74 Å². The number of fused-ring (bicyclic) bond motifs is 1. The van der Waals surface area contributed by atoms with Crippen molar-refractivity contribution in [2.45, 2.75) is 27.1 Å². The summed E-state index contributed by atoms with van der Waals surface area (Å²) in [6.07, 6.45) is 0.961. The first kappa shape index (κ1) is 8.51. The monoisotopic (exact) mass is 179 g/mol. The van der Waals surface area contributed by atoms with Gasteiger partial charge < -0.3 is 9.84 Å². The second-order valence-corrected chi connectivity index (χ2v) is 3.61. The molecule has 2 atom stereocenters. The van der Waals surface area contributed by atoms with Gasteiger partial charge in [0.25, 0.3) is 0 Å². The molecule has 70 valence electrons. The molecule has 2 rings (SSSR count).